The quantitative estimate of drug-likeness (QED) is 0.197. The van der Waals surface area contributed by atoms with Crippen molar-refractivity contribution in [3.63, 3.8) is 0 Å². The summed E-state index contributed by atoms with van der Waals surface area (Å²) in [7, 11) is 3.82. The lowest BCUT2D eigenvalue weighted by Crippen LogP contribution is -2.29. The summed E-state index contributed by atoms with van der Waals surface area (Å²) in [6.45, 7) is 2.11. The Kier molecular flexibility index (Phi) is 6.09. The van der Waals surface area contributed by atoms with Crippen molar-refractivity contribution in [1.29, 1.82) is 0 Å². The normalized spacial score (nSPS) is 16.9. The highest BCUT2D eigenvalue weighted by atomic mass is 16.5. The Labute approximate surface area is 214 Å². The Hall–Kier alpha value is -4.72. The molecule has 3 aromatic carbocycles. The zero-order chi connectivity index (χ0) is 26.3. The number of aromatic hydroxyl groups is 1. The number of phenolic OH excluding ortho intramolecular Hbond substituents is 1. The Morgan fingerprint density at radius 2 is 1.78 bits per heavy atom. The van der Waals surface area contributed by atoms with Crippen LogP contribution in [0.5, 0.6) is 11.5 Å². The van der Waals surface area contributed by atoms with Gasteiger partial charge in [0.1, 0.15) is 5.76 Å². The number of aromatic amines is 1. The van der Waals surface area contributed by atoms with Crippen molar-refractivity contribution in [3.05, 3.63) is 89.6 Å². The number of H-pyrrole nitrogens is 1. The molecule has 8 nitrogen and oxygen atoms in total. The molecule has 1 amide bonds. The number of hydrogen-bond donors (Lipinski definition) is 3. The minimum atomic E-state index is -0.946. The monoisotopic (exact) mass is 497 g/mol. The number of amides is 1. The number of benzene rings is 3. The number of carbonyl (C=O) groups is 2. The molecule has 1 aromatic heterocycles. The van der Waals surface area contributed by atoms with Gasteiger partial charge in [0.2, 0.25) is 0 Å². The van der Waals surface area contributed by atoms with Crippen molar-refractivity contribution in [3.8, 4) is 11.5 Å². The van der Waals surface area contributed by atoms with Gasteiger partial charge in [-0.25, -0.2) is 0 Å². The summed E-state index contributed by atoms with van der Waals surface area (Å²) in [5.41, 5.74) is 3.11. The number of anilines is 2. The van der Waals surface area contributed by atoms with E-state index in [2.05, 4.69) is 4.98 Å². The number of ether oxygens (including phenoxy) is 1. The first-order chi connectivity index (χ1) is 17.8. The van der Waals surface area contributed by atoms with Crippen LogP contribution in [-0.4, -0.2) is 47.6 Å². The third-order valence-electron chi connectivity index (χ3n) is 6.53. The summed E-state index contributed by atoms with van der Waals surface area (Å²) in [5, 5.41) is 22.5. The number of ketones is 1. The topological polar surface area (TPSA) is 106 Å². The zero-order valence-electron chi connectivity index (χ0n) is 20.7. The summed E-state index contributed by atoms with van der Waals surface area (Å²) in [6.07, 6.45) is 1.62. The Morgan fingerprint density at radius 3 is 2.49 bits per heavy atom. The van der Waals surface area contributed by atoms with Gasteiger partial charge in [-0.15, -0.1) is 0 Å². The first-order valence-electron chi connectivity index (χ1n) is 11.9. The smallest absolute Gasteiger partial charge is 0.300 e. The van der Waals surface area contributed by atoms with E-state index in [1.54, 1.807) is 37.4 Å². The van der Waals surface area contributed by atoms with Crippen LogP contribution in [0.4, 0.5) is 11.4 Å². The van der Waals surface area contributed by atoms with Crippen molar-refractivity contribution in [2.75, 3.05) is 30.5 Å². The molecule has 4 aromatic rings. The highest BCUT2D eigenvalue weighted by Crippen LogP contribution is 2.44. The number of aliphatic hydroxyl groups is 1. The number of phenols is 1. The zero-order valence-corrected chi connectivity index (χ0v) is 20.7. The molecule has 0 radical (unpaired) electrons. The number of rotatable bonds is 6. The predicted octanol–water partition coefficient (Wildman–Crippen LogP) is 4.96. The average Bonchev–Trinajstić information content (AvgIpc) is 3.44. The molecule has 2 heterocycles. The number of nitrogens with zero attached hydrogens (tertiary/aromatic N) is 2. The average molecular weight is 498 g/mol. The summed E-state index contributed by atoms with van der Waals surface area (Å²) >= 11 is 0. The van der Waals surface area contributed by atoms with E-state index in [-0.39, 0.29) is 22.8 Å². The number of aliphatic hydroxyl groups excluding tert-OH is 1. The van der Waals surface area contributed by atoms with Gasteiger partial charge in [-0.1, -0.05) is 24.3 Å². The van der Waals surface area contributed by atoms with Gasteiger partial charge in [-0.2, -0.15) is 0 Å². The van der Waals surface area contributed by atoms with Crippen LogP contribution >= 0.6 is 0 Å². The number of hydrogen-bond acceptors (Lipinski definition) is 6. The van der Waals surface area contributed by atoms with Crippen molar-refractivity contribution in [1.82, 2.24) is 4.98 Å². The second-order valence-corrected chi connectivity index (χ2v) is 8.99. The van der Waals surface area contributed by atoms with Gasteiger partial charge >= 0.3 is 0 Å². The molecule has 1 saturated heterocycles. The first-order valence-corrected chi connectivity index (χ1v) is 11.9. The van der Waals surface area contributed by atoms with Crippen LogP contribution in [0.2, 0.25) is 0 Å². The van der Waals surface area contributed by atoms with Gasteiger partial charge < -0.3 is 24.8 Å². The number of Topliss-reactive ketones (excluding diaryl/α,β-unsaturated/α-hetero) is 1. The second kappa shape index (κ2) is 9.39. The minimum Gasteiger partial charge on any atom is -0.507 e. The number of para-hydroxylation sites is 1. The molecule has 1 aliphatic rings. The third-order valence-corrected chi connectivity index (χ3v) is 6.53. The highest BCUT2D eigenvalue weighted by Gasteiger charge is 2.47. The molecule has 0 bridgehead atoms. The lowest BCUT2D eigenvalue weighted by molar-refractivity contribution is -0.132. The van der Waals surface area contributed by atoms with Gasteiger partial charge in [0.15, 0.2) is 11.5 Å². The molecular formula is C29H27N3O5. The van der Waals surface area contributed by atoms with Gasteiger partial charge in [0.05, 0.1) is 18.2 Å². The van der Waals surface area contributed by atoms with Crippen molar-refractivity contribution < 1.29 is 24.5 Å². The van der Waals surface area contributed by atoms with Gasteiger partial charge in [0, 0.05) is 48.1 Å². The van der Waals surface area contributed by atoms with Crippen LogP contribution < -0.4 is 14.5 Å². The fraction of sp³-hybridized carbons (Fsp3) is 0.172. The van der Waals surface area contributed by atoms with E-state index in [1.807, 2.05) is 55.4 Å². The molecular weight excluding hydrogens is 470 g/mol. The van der Waals surface area contributed by atoms with E-state index in [9.17, 15) is 19.8 Å². The minimum absolute atomic E-state index is 0.0421. The predicted molar refractivity (Wildman–Crippen MR) is 143 cm³/mol. The molecule has 0 aliphatic carbocycles. The van der Waals surface area contributed by atoms with Crippen molar-refractivity contribution in [2.45, 2.75) is 13.0 Å². The van der Waals surface area contributed by atoms with Gasteiger partial charge in [-0.05, 0) is 55.0 Å². The molecule has 37 heavy (non-hydrogen) atoms. The van der Waals surface area contributed by atoms with Gasteiger partial charge in [0.25, 0.3) is 11.7 Å². The molecule has 3 N–H and O–H groups in total. The van der Waals surface area contributed by atoms with Crippen LogP contribution in [0.25, 0.3) is 16.7 Å². The van der Waals surface area contributed by atoms with E-state index in [0.29, 0.717) is 23.4 Å². The standard InChI is InChI=1S/C29H27N3O5/c1-4-37-24-15-17(9-14-23(24)33)26-25(27(34)21-16-30-22-8-6-5-7-20(21)22)28(35)29(36)32(26)19-12-10-18(11-13-19)31(2)3/h5-16,26,30,33-34H,4H2,1-3H3/b27-25-. The van der Waals surface area contributed by atoms with Crippen LogP contribution in [0.1, 0.15) is 24.1 Å². The molecule has 1 atom stereocenters. The molecule has 1 fully saturated rings. The van der Waals surface area contributed by atoms with E-state index < -0.39 is 17.7 Å². The SMILES string of the molecule is CCOc1cc(C2/C(=C(/O)c3c[nH]c4ccccc34)C(=O)C(=O)N2c2ccc(N(C)C)cc2)ccc1O. The van der Waals surface area contributed by atoms with Crippen LogP contribution in [0.3, 0.4) is 0 Å². The van der Waals surface area contributed by atoms with E-state index >= 15 is 0 Å². The lowest BCUT2D eigenvalue weighted by Gasteiger charge is -2.26. The molecule has 0 saturated carbocycles. The molecule has 1 aliphatic heterocycles. The maximum absolute atomic E-state index is 13.5. The summed E-state index contributed by atoms with van der Waals surface area (Å²) in [5.74, 6) is -1.67. The number of carbonyl (C=O) groups excluding carboxylic acids is 2. The van der Waals surface area contributed by atoms with Crippen molar-refractivity contribution in [2.24, 2.45) is 0 Å². The van der Waals surface area contributed by atoms with Crippen LogP contribution in [-0.2, 0) is 9.59 Å². The maximum Gasteiger partial charge on any atom is 0.300 e. The number of nitrogens with one attached hydrogen (secondary N) is 1. The fourth-order valence-electron chi connectivity index (χ4n) is 4.71. The second-order valence-electron chi connectivity index (χ2n) is 8.99. The van der Waals surface area contributed by atoms with Crippen LogP contribution in [0, 0.1) is 0 Å². The third kappa shape index (κ3) is 4.06. The highest BCUT2D eigenvalue weighted by molar-refractivity contribution is 6.51. The van der Waals surface area contributed by atoms with E-state index in [1.165, 1.54) is 11.0 Å². The summed E-state index contributed by atoms with van der Waals surface area (Å²) in [4.78, 5) is 33.4. The summed E-state index contributed by atoms with van der Waals surface area (Å²) < 4.78 is 5.57. The Morgan fingerprint density at radius 1 is 1.05 bits per heavy atom. The molecule has 188 valence electrons. The van der Waals surface area contributed by atoms with Gasteiger partial charge in [-0.3, -0.25) is 14.5 Å². The molecule has 5 rings (SSSR count). The first kappa shape index (κ1) is 24.0. The number of fused-ring (bicyclic) bond motifs is 1. The molecule has 8 heteroatoms. The maximum atomic E-state index is 13.5. The summed E-state index contributed by atoms with van der Waals surface area (Å²) in [6, 6.07) is 18.4. The largest absolute Gasteiger partial charge is 0.507 e. The van der Waals surface area contributed by atoms with E-state index in [4.69, 9.17) is 4.74 Å². The number of aromatic nitrogens is 1. The van der Waals surface area contributed by atoms with E-state index in [0.717, 1.165) is 16.6 Å². The molecule has 1 unspecified atom stereocenters. The Balaban J connectivity index is 1.73. The molecule has 0 spiro atoms. The Bertz CT molecular complexity index is 1530. The van der Waals surface area contributed by atoms with Crippen molar-refractivity contribution >= 4 is 39.7 Å². The lowest BCUT2D eigenvalue weighted by atomic mass is 9.94. The fourth-order valence-corrected chi connectivity index (χ4v) is 4.71. The van der Waals surface area contributed by atoms with Crippen LogP contribution in [0.15, 0.2) is 78.5 Å².